The smallest absolute Gasteiger partial charge is 0.0870 e. The summed E-state index contributed by atoms with van der Waals surface area (Å²) in [6, 6.07) is 7.93. The van der Waals surface area contributed by atoms with Crippen LogP contribution >= 0.6 is 0 Å². The molecule has 0 aliphatic carbocycles. The molecule has 2 heterocycles. The second-order valence-corrected chi connectivity index (χ2v) is 5.36. The van der Waals surface area contributed by atoms with Crippen molar-refractivity contribution in [2.45, 2.75) is 31.9 Å². The van der Waals surface area contributed by atoms with Crippen molar-refractivity contribution in [1.29, 1.82) is 0 Å². The maximum Gasteiger partial charge on any atom is 0.0870 e. The second kappa shape index (κ2) is 6.15. The van der Waals surface area contributed by atoms with Crippen molar-refractivity contribution in [3.8, 4) is 0 Å². The van der Waals surface area contributed by atoms with Gasteiger partial charge < -0.3 is 10.4 Å². The first kappa shape index (κ1) is 13.3. The minimum atomic E-state index is 0.0857. The van der Waals surface area contributed by atoms with E-state index in [2.05, 4.69) is 21.8 Å². The highest BCUT2D eigenvalue weighted by atomic mass is 16.3. The highest BCUT2D eigenvalue weighted by Gasteiger charge is 2.18. The molecule has 3 rings (SSSR count). The number of hydrogen-bond acceptors (Lipinski definition) is 4. The van der Waals surface area contributed by atoms with Gasteiger partial charge in [0.15, 0.2) is 0 Å². The van der Waals surface area contributed by atoms with Crippen LogP contribution in [0.1, 0.15) is 35.6 Å². The standard InChI is InChI=1S/C15H20N4O/c20-11-13-5-3-12(4-6-13)9-19-10-15(17-18-19)14-2-1-7-16-8-14/h3-6,10,14,16,20H,1-2,7-9,11H2. The van der Waals surface area contributed by atoms with Gasteiger partial charge in [0.25, 0.3) is 0 Å². The van der Waals surface area contributed by atoms with Crippen LogP contribution in [-0.4, -0.2) is 33.2 Å². The van der Waals surface area contributed by atoms with E-state index in [4.69, 9.17) is 5.11 Å². The van der Waals surface area contributed by atoms with Gasteiger partial charge in [0.05, 0.1) is 18.8 Å². The summed E-state index contributed by atoms with van der Waals surface area (Å²) in [5.74, 6) is 0.495. The van der Waals surface area contributed by atoms with Crippen molar-refractivity contribution in [3.05, 3.63) is 47.3 Å². The number of aliphatic hydroxyl groups excluding tert-OH is 1. The van der Waals surface area contributed by atoms with Crippen molar-refractivity contribution >= 4 is 0 Å². The molecule has 1 unspecified atom stereocenters. The Morgan fingerprint density at radius 2 is 2.05 bits per heavy atom. The largest absolute Gasteiger partial charge is 0.392 e. The fraction of sp³-hybridized carbons (Fsp3) is 0.467. The SMILES string of the molecule is OCc1ccc(Cn2cc(C3CCCNC3)nn2)cc1. The summed E-state index contributed by atoms with van der Waals surface area (Å²) in [5.41, 5.74) is 3.19. The summed E-state index contributed by atoms with van der Waals surface area (Å²) in [4.78, 5) is 0. The topological polar surface area (TPSA) is 63.0 Å². The molecule has 1 saturated heterocycles. The van der Waals surface area contributed by atoms with Gasteiger partial charge in [-0.1, -0.05) is 29.5 Å². The molecule has 1 fully saturated rings. The summed E-state index contributed by atoms with van der Waals surface area (Å²) < 4.78 is 1.89. The Balaban J connectivity index is 1.66. The molecule has 5 heteroatoms. The quantitative estimate of drug-likeness (QED) is 0.880. The minimum Gasteiger partial charge on any atom is -0.392 e. The summed E-state index contributed by atoms with van der Waals surface area (Å²) in [7, 11) is 0. The summed E-state index contributed by atoms with van der Waals surface area (Å²) >= 11 is 0. The zero-order chi connectivity index (χ0) is 13.8. The molecule has 106 valence electrons. The van der Waals surface area contributed by atoms with Crippen LogP contribution in [0.4, 0.5) is 0 Å². The molecule has 20 heavy (non-hydrogen) atoms. The van der Waals surface area contributed by atoms with Gasteiger partial charge in [-0.3, -0.25) is 0 Å². The molecule has 0 radical (unpaired) electrons. The number of hydrogen-bond donors (Lipinski definition) is 2. The average Bonchev–Trinajstić information content (AvgIpc) is 2.97. The van der Waals surface area contributed by atoms with E-state index in [1.807, 2.05) is 28.9 Å². The lowest BCUT2D eigenvalue weighted by Crippen LogP contribution is -2.28. The number of rotatable bonds is 4. The van der Waals surface area contributed by atoms with E-state index >= 15 is 0 Å². The number of piperidine rings is 1. The molecule has 0 amide bonds. The Labute approximate surface area is 118 Å². The number of nitrogens with one attached hydrogen (secondary N) is 1. The second-order valence-electron chi connectivity index (χ2n) is 5.36. The maximum absolute atomic E-state index is 9.03. The molecule has 5 nitrogen and oxygen atoms in total. The van der Waals surface area contributed by atoms with E-state index < -0.39 is 0 Å². The van der Waals surface area contributed by atoms with Gasteiger partial charge in [-0.25, -0.2) is 4.68 Å². The van der Waals surface area contributed by atoms with Crippen molar-refractivity contribution < 1.29 is 5.11 Å². The van der Waals surface area contributed by atoms with Crippen LogP contribution in [-0.2, 0) is 13.2 Å². The van der Waals surface area contributed by atoms with Gasteiger partial charge in [-0.15, -0.1) is 5.10 Å². The molecule has 1 aromatic heterocycles. The molecular formula is C15H20N4O. The van der Waals surface area contributed by atoms with E-state index in [0.717, 1.165) is 30.9 Å². The predicted octanol–water partition coefficient (Wildman–Crippen LogP) is 1.29. The summed E-state index contributed by atoms with van der Waals surface area (Å²) in [6.45, 7) is 2.92. The molecule has 2 N–H and O–H groups in total. The van der Waals surface area contributed by atoms with Crippen LogP contribution in [0.15, 0.2) is 30.5 Å². The third kappa shape index (κ3) is 3.05. The Bertz CT molecular complexity index is 543. The third-order valence-electron chi connectivity index (χ3n) is 3.82. The predicted molar refractivity (Wildman–Crippen MR) is 76.3 cm³/mol. The molecule has 2 aromatic rings. The number of nitrogens with zero attached hydrogens (tertiary/aromatic N) is 3. The number of aliphatic hydroxyl groups is 1. The maximum atomic E-state index is 9.03. The van der Waals surface area contributed by atoms with Crippen molar-refractivity contribution in [3.63, 3.8) is 0 Å². The van der Waals surface area contributed by atoms with Crippen LogP contribution in [0.25, 0.3) is 0 Å². The Kier molecular flexibility index (Phi) is 4.08. The minimum absolute atomic E-state index is 0.0857. The zero-order valence-electron chi connectivity index (χ0n) is 11.5. The first-order valence-electron chi connectivity index (χ1n) is 7.14. The van der Waals surface area contributed by atoms with E-state index in [0.29, 0.717) is 5.92 Å². The van der Waals surface area contributed by atoms with E-state index in [9.17, 15) is 0 Å². The van der Waals surface area contributed by atoms with Crippen LogP contribution in [0, 0.1) is 0 Å². The number of benzene rings is 1. The molecule has 0 bridgehead atoms. The van der Waals surface area contributed by atoms with Crippen molar-refractivity contribution in [2.24, 2.45) is 0 Å². The lowest BCUT2D eigenvalue weighted by Gasteiger charge is -2.20. The highest BCUT2D eigenvalue weighted by molar-refractivity contribution is 5.22. The van der Waals surface area contributed by atoms with Gasteiger partial charge in [0, 0.05) is 18.7 Å². The Morgan fingerprint density at radius 1 is 1.25 bits per heavy atom. The van der Waals surface area contributed by atoms with Gasteiger partial charge in [-0.2, -0.15) is 0 Å². The molecular weight excluding hydrogens is 252 g/mol. The average molecular weight is 272 g/mol. The van der Waals surface area contributed by atoms with E-state index in [1.54, 1.807) is 0 Å². The third-order valence-corrected chi connectivity index (χ3v) is 3.82. The van der Waals surface area contributed by atoms with Crippen molar-refractivity contribution in [2.75, 3.05) is 13.1 Å². The fourth-order valence-corrected chi connectivity index (χ4v) is 2.62. The van der Waals surface area contributed by atoms with Crippen LogP contribution in [0.2, 0.25) is 0 Å². The van der Waals surface area contributed by atoms with E-state index in [-0.39, 0.29) is 6.61 Å². The van der Waals surface area contributed by atoms with Crippen LogP contribution in [0.5, 0.6) is 0 Å². The fourth-order valence-electron chi connectivity index (χ4n) is 2.62. The van der Waals surface area contributed by atoms with Gasteiger partial charge >= 0.3 is 0 Å². The lowest BCUT2D eigenvalue weighted by atomic mass is 9.97. The molecule has 0 spiro atoms. The molecule has 0 saturated carbocycles. The van der Waals surface area contributed by atoms with Crippen LogP contribution < -0.4 is 5.32 Å². The van der Waals surface area contributed by atoms with Gasteiger partial charge in [-0.05, 0) is 30.5 Å². The lowest BCUT2D eigenvalue weighted by molar-refractivity contribution is 0.282. The van der Waals surface area contributed by atoms with Gasteiger partial charge in [0.1, 0.15) is 0 Å². The van der Waals surface area contributed by atoms with Gasteiger partial charge in [0.2, 0.25) is 0 Å². The first-order chi connectivity index (χ1) is 9.85. The normalized spacial score (nSPS) is 19.1. The Morgan fingerprint density at radius 3 is 2.75 bits per heavy atom. The van der Waals surface area contributed by atoms with E-state index in [1.165, 1.54) is 18.4 Å². The van der Waals surface area contributed by atoms with Crippen LogP contribution in [0.3, 0.4) is 0 Å². The molecule has 1 aliphatic rings. The van der Waals surface area contributed by atoms with Crippen molar-refractivity contribution in [1.82, 2.24) is 20.3 Å². The zero-order valence-corrected chi connectivity index (χ0v) is 11.5. The summed E-state index contributed by atoms with van der Waals surface area (Å²) in [5, 5.41) is 21.0. The highest BCUT2D eigenvalue weighted by Crippen LogP contribution is 2.20. The molecule has 1 atom stereocenters. The number of aromatic nitrogens is 3. The monoisotopic (exact) mass is 272 g/mol. The Hall–Kier alpha value is -1.72. The first-order valence-corrected chi connectivity index (χ1v) is 7.14. The summed E-state index contributed by atoms with van der Waals surface area (Å²) in [6.07, 6.45) is 4.45. The molecule has 1 aromatic carbocycles. The molecule has 1 aliphatic heterocycles.